The highest BCUT2D eigenvalue weighted by Crippen LogP contribution is 1.97. The molecule has 0 bridgehead atoms. The van der Waals surface area contributed by atoms with Crippen molar-refractivity contribution in [3.05, 3.63) is 18.2 Å². The van der Waals surface area contributed by atoms with Crippen LogP contribution < -0.4 is 5.73 Å². The summed E-state index contributed by atoms with van der Waals surface area (Å²) in [6.45, 7) is 2.08. The molecule has 1 rings (SSSR count). The summed E-state index contributed by atoms with van der Waals surface area (Å²) in [7, 11) is 0. The third-order valence-corrected chi connectivity index (χ3v) is 1.56. The molecular weight excluding hydrogens is 126 g/mol. The quantitative estimate of drug-likeness (QED) is 0.647. The van der Waals surface area contributed by atoms with E-state index >= 15 is 0 Å². The van der Waals surface area contributed by atoms with E-state index in [1.165, 1.54) is 0 Å². The first-order valence-electron chi connectivity index (χ1n) is 3.55. The van der Waals surface area contributed by atoms with Crippen LogP contribution in [0, 0.1) is 0 Å². The Morgan fingerprint density at radius 2 is 2.60 bits per heavy atom. The molecule has 10 heavy (non-hydrogen) atoms. The fourth-order valence-corrected chi connectivity index (χ4v) is 0.823. The van der Waals surface area contributed by atoms with Gasteiger partial charge in [0, 0.05) is 24.4 Å². The van der Waals surface area contributed by atoms with Gasteiger partial charge in [0.2, 0.25) is 0 Å². The van der Waals surface area contributed by atoms with Crippen LogP contribution in [0.25, 0.3) is 0 Å². The third-order valence-electron chi connectivity index (χ3n) is 1.56. The van der Waals surface area contributed by atoms with Gasteiger partial charge in [-0.15, -0.1) is 0 Å². The van der Waals surface area contributed by atoms with Gasteiger partial charge in [0.15, 0.2) is 0 Å². The SMILES string of the molecule is CCC(N)Cc1cnc[nH]1. The fraction of sp³-hybridized carbons (Fsp3) is 0.571. The third kappa shape index (κ3) is 1.84. The van der Waals surface area contributed by atoms with Crippen LogP contribution in [0.15, 0.2) is 12.5 Å². The van der Waals surface area contributed by atoms with Crippen molar-refractivity contribution in [1.82, 2.24) is 9.97 Å². The van der Waals surface area contributed by atoms with Crippen molar-refractivity contribution in [2.75, 3.05) is 0 Å². The van der Waals surface area contributed by atoms with Gasteiger partial charge in [0.05, 0.1) is 6.33 Å². The first-order valence-corrected chi connectivity index (χ1v) is 3.55. The highest BCUT2D eigenvalue weighted by atomic mass is 14.9. The zero-order valence-corrected chi connectivity index (χ0v) is 6.17. The van der Waals surface area contributed by atoms with Crippen molar-refractivity contribution in [2.45, 2.75) is 25.8 Å². The monoisotopic (exact) mass is 139 g/mol. The molecule has 0 fully saturated rings. The molecule has 0 aromatic carbocycles. The number of H-pyrrole nitrogens is 1. The molecule has 1 aromatic rings. The van der Waals surface area contributed by atoms with Gasteiger partial charge in [-0.05, 0) is 6.42 Å². The van der Waals surface area contributed by atoms with E-state index in [0.29, 0.717) is 0 Å². The number of imidazole rings is 1. The Hall–Kier alpha value is -0.830. The van der Waals surface area contributed by atoms with E-state index in [1.807, 2.05) is 6.20 Å². The lowest BCUT2D eigenvalue weighted by Gasteiger charge is -2.04. The summed E-state index contributed by atoms with van der Waals surface area (Å²) in [5.74, 6) is 0. The number of hydrogen-bond donors (Lipinski definition) is 2. The minimum Gasteiger partial charge on any atom is -0.348 e. The summed E-state index contributed by atoms with van der Waals surface area (Å²) >= 11 is 0. The zero-order chi connectivity index (χ0) is 7.40. The number of nitrogens with zero attached hydrogens (tertiary/aromatic N) is 1. The zero-order valence-electron chi connectivity index (χ0n) is 6.17. The van der Waals surface area contributed by atoms with Crippen LogP contribution in [0.4, 0.5) is 0 Å². The average molecular weight is 139 g/mol. The Morgan fingerprint density at radius 3 is 3.10 bits per heavy atom. The van der Waals surface area contributed by atoms with Gasteiger partial charge in [0.25, 0.3) is 0 Å². The van der Waals surface area contributed by atoms with E-state index in [9.17, 15) is 0 Å². The van der Waals surface area contributed by atoms with Crippen LogP contribution in [0.1, 0.15) is 19.0 Å². The summed E-state index contributed by atoms with van der Waals surface area (Å²) < 4.78 is 0. The Labute approximate surface area is 60.7 Å². The summed E-state index contributed by atoms with van der Waals surface area (Å²) in [4.78, 5) is 6.91. The predicted octanol–water partition coefficient (Wildman–Crippen LogP) is 0.690. The lowest BCUT2D eigenvalue weighted by atomic mass is 10.1. The summed E-state index contributed by atoms with van der Waals surface area (Å²) in [6, 6.07) is 0.264. The smallest absolute Gasteiger partial charge is 0.0921 e. The van der Waals surface area contributed by atoms with Crippen LogP contribution in [-0.4, -0.2) is 16.0 Å². The topological polar surface area (TPSA) is 54.7 Å². The first-order chi connectivity index (χ1) is 4.83. The highest BCUT2D eigenvalue weighted by Gasteiger charge is 2.00. The molecule has 0 aliphatic rings. The molecule has 0 spiro atoms. The van der Waals surface area contributed by atoms with E-state index < -0.39 is 0 Å². The van der Waals surface area contributed by atoms with Gasteiger partial charge in [0.1, 0.15) is 0 Å². The number of aromatic amines is 1. The molecule has 0 amide bonds. The van der Waals surface area contributed by atoms with Crippen LogP contribution in [0.5, 0.6) is 0 Å². The summed E-state index contributed by atoms with van der Waals surface area (Å²) in [5, 5.41) is 0. The van der Waals surface area contributed by atoms with Crippen LogP contribution in [0.3, 0.4) is 0 Å². The van der Waals surface area contributed by atoms with Crippen molar-refractivity contribution in [3.8, 4) is 0 Å². The standard InChI is InChI=1S/C7H13N3/c1-2-6(8)3-7-4-9-5-10-7/h4-6H,2-3,8H2,1H3,(H,9,10). The van der Waals surface area contributed by atoms with Crippen LogP contribution in [0.2, 0.25) is 0 Å². The minimum absolute atomic E-state index is 0.264. The molecule has 0 saturated carbocycles. The molecule has 1 unspecified atom stereocenters. The van der Waals surface area contributed by atoms with Gasteiger partial charge in [-0.25, -0.2) is 4.98 Å². The largest absolute Gasteiger partial charge is 0.348 e. The average Bonchev–Trinajstić information content (AvgIpc) is 2.40. The Morgan fingerprint density at radius 1 is 1.80 bits per heavy atom. The maximum absolute atomic E-state index is 5.72. The number of nitrogens with one attached hydrogen (secondary N) is 1. The molecule has 56 valence electrons. The van der Waals surface area contributed by atoms with Gasteiger partial charge >= 0.3 is 0 Å². The van der Waals surface area contributed by atoms with Crippen molar-refractivity contribution < 1.29 is 0 Å². The van der Waals surface area contributed by atoms with E-state index in [0.717, 1.165) is 18.5 Å². The molecule has 1 atom stereocenters. The van der Waals surface area contributed by atoms with Gasteiger partial charge in [-0.1, -0.05) is 6.92 Å². The normalized spacial score (nSPS) is 13.4. The molecule has 3 heteroatoms. The molecule has 0 aliphatic carbocycles. The maximum atomic E-state index is 5.72. The molecule has 0 aliphatic heterocycles. The van der Waals surface area contributed by atoms with Crippen molar-refractivity contribution in [1.29, 1.82) is 0 Å². The number of nitrogens with two attached hydrogens (primary N) is 1. The predicted molar refractivity (Wildman–Crippen MR) is 40.6 cm³/mol. The van der Waals surface area contributed by atoms with Gasteiger partial charge in [-0.2, -0.15) is 0 Å². The molecule has 0 radical (unpaired) electrons. The lowest BCUT2D eigenvalue weighted by molar-refractivity contribution is 0.638. The van der Waals surface area contributed by atoms with Crippen LogP contribution >= 0.6 is 0 Å². The van der Waals surface area contributed by atoms with Crippen molar-refractivity contribution >= 4 is 0 Å². The van der Waals surface area contributed by atoms with Crippen LogP contribution in [-0.2, 0) is 6.42 Å². The van der Waals surface area contributed by atoms with E-state index in [-0.39, 0.29) is 6.04 Å². The molecule has 3 nitrogen and oxygen atoms in total. The minimum atomic E-state index is 0.264. The summed E-state index contributed by atoms with van der Waals surface area (Å²) in [5.41, 5.74) is 6.84. The highest BCUT2D eigenvalue weighted by molar-refractivity contribution is 4.96. The second kappa shape index (κ2) is 3.37. The molecule has 1 heterocycles. The maximum Gasteiger partial charge on any atom is 0.0921 e. The van der Waals surface area contributed by atoms with Gasteiger partial charge in [-0.3, -0.25) is 0 Å². The molecular formula is C7H13N3. The van der Waals surface area contributed by atoms with E-state index in [1.54, 1.807) is 6.33 Å². The lowest BCUT2D eigenvalue weighted by Crippen LogP contribution is -2.21. The molecule has 1 aromatic heterocycles. The van der Waals surface area contributed by atoms with Gasteiger partial charge < -0.3 is 10.7 Å². The molecule has 0 saturated heterocycles. The Kier molecular flexibility index (Phi) is 2.45. The fourth-order valence-electron chi connectivity index (χ4n) is 0.823. The second-order valence-electron chi connectivity index (χ2n) is 2.45. The Balaban J connectivity index is 2.40. The number of hydrogen-bond acceptors (Lipinski definition) is 2. The molecule has 3 N–H and O–H groups in total. The second-order valence-corrected chi connectivity index (χ2v) is 2.45. The van der Waals surface area contributed by atoms with Crippen molar-refractivity contribution in [3.63, 3.8) is 0 Å². The van der Waals surface area contributed by atoms with E-state index in [4.69, 9.17) is 5.73 Å². The van der Waals surface area contributed by atoms with Crippen molar-refractivity contribution in [2.24, 2.45) is 5.73 Å². The number of rotatable bonds is 3. The summed E-state index contributed by atoms with van der Waals surface area (Å²) in [6.07, 6.45) is 5.41. The Bertz CT molecular complexity index is 169. The number of aromatic nitrogens is 2. The first kappa shape index (κ1) is 7.28. The van der Waals surface area contributed by atoms with E-state index in [2.05, 4.69) is 16.9 Å².